The Balaban J connectivity index is 2.02. The second-order valence-electron chi connectivity index (χ2n) is 5.80. The molecule has 1 nitrogen and oxygen atoms in total. The Morgan fingerprint density at radius 1 is 1.31 bits per heavy atom. The van der Waals surface area contributed by atoms with Crippen molar-refractivity contribution in [3.8, 4) is 0 Å². The van der Waals surface area contributed by atoms with Crippen LogP contribution in [0.25, 0.3) is 0 Å². The van der Waals surface area contributed by atoms with Crippen molar-refractivity contribution in [2.24, 2.45) is 17.3 Å². The zero-order valence-electron chi connectivity index (χ0n) is 10.3. The molecule has 0 radical (unpaired) electrons. The average molecular weight is 243 g/mol. The number of hydrogen-bond donors (Lipinski definition) is 0. The van der Waals surface area contributed by atoms with Crippen molar-refractivity contribution in [1.82, 2.24) is 0 Å². The third-order valence-electron chi connectivity index (χ3n) is 4.94. The lowest BCUT2D eigenvalue weighted by Gasteiger charge is -2.50. The highest BCUT2D eigenvalue weighted by molar-refractivity contribution is 6.64. The number of hydrogen-bond acceptors (Lipinski definition) is 1. The van der Waals surface area contributed by atoms with E-state index in [0.29, 0.717) is 5.92 Å². The Morgan fingerprint density at radius 3 is 2.56 bits per heavy atom. The van der Waals surface area contributed by atoms with Crippen LogP contribution in [0.15, 0.2) is 0 Å². The summed E-state index contributed by atoms with van der Waals surface area (Å²) in [5, 5.41) is -0.0350. The highest BCUT2D eigenvalue weighted by Crippen LogP contribution is 2.56. The first-order valence-corrected chi connectivity index (χ1v) is 7.27. The molecule has 0 spiro atoms. The van der Waals surface area contributed by atoms with Crippen molar-refractivity contribution in [2.45, 2.75) is 64.7 Å². The molecular weight excluding hydrogens is 220 g/mol. The topological polar surface area (TPSA) is 17.1 Å². The lowest BCUT2D eigenvalue weighted by atomic mass is 9.54. The number of carbonyl (C=O) groups excluding carboxylic acids is 1. The van der Waals surface area contributed by atoms with E-state index in [0.717, 1.165) is 18.8 Å². The van der Waals surface area contributed by atoms with Gasteiger partial charge in [0.1, 0.15) is 0 Å². The van der Waals surface area contributed by atoms with Gasteiger partial charge in [0.2, 0.25) is 5.24 Å². The molecule has 2 heteroatoms. The normalized spacial score (nSPS) is 37.6. The zero-order chi connectivity index (χ0) is 11.6. The molecule has 3 saturated carbocycles. The highest BCUT2D eigenvalue weighted by atomic mass is 35.5. The maximum atomic E-state index is 11.8. The predicted octanol–water partition coefficient (Wildman–Crippen LogP) is 4.53. The van der Waals surface area contributed by atoms with Crippen LogP contribution < -0.4 is 0 Å². The van der Waals surface area contributed by atoms with E-state index < -0.39 is 0 Å². The molecule has 0 amide bonds. The largest absolute Gasteiger partial charge is 0.281 e. The van der Waals surface area contributed by atoms with E-state index in [1.807, 2.05) is 0 Å². The van der Waals surface area contributed by atoms with Crippen LogP contribution >= 0.6 is 11.6 Å². The van der Waals surface area contributed by atoms with Gasteiger partial charge in [-0.05, 0) is 62.0 Å². The second kappa shape index (κ2) is 5.08. The summed E-state index contributed by atoms with van der Waals surface area (Å²) in [5.74, 6) is 1.49. The molecule has 0 aliphatic heterocycles. The minimum absolute atomic E-state index is 0.0350. The van der Waals surface area contributed by atoms with Crippen LogP contribution in [0.3, 0.4) is 0 Å². The standard InChI is InChI=1S/C14H23ClO/c1-2-3-4-5-12-10-11-6-8-14(12,9-7-11)13(15)16/h11-12H,2-10H2,1H3. The molecule has 0 N–H and O–H groups in total. The summed E-state index contributed by atoms with van der Waals surface area (Å²) in [6.45, 7) is 2.23. The third kappa shape index (κ3) is 2.16. The zero-order valence-corrected chi connectivity index (χ0v) is 11.1. The van der Waals surface area contributed by atoms with Gasteiger partial charge >= 0.3 is 0 Å². The Bertz CT molecular complexity index is 253. The molecular formula is C14H23ClO. The van der Waals surface area contributed by atoms with E-state index in [9.17, 15) is 4.79 Å². The Hall–Kier alpha value is -0.0400. The number of carbonyl (C=O) groups is 1. The van der Waals surface area contributed by atoms with Crippen LogP contribution in [0.4, 0.5) is 0 Å². The SMILES string of the molecule is CCCCCC1CC2CCC1(C(=O)Cl)CC2. The van der Waals surface area contributed by atoms with Gasteiger partial charge in [0.05, 0.1) is 0 Å². The van der Waals surface area contributed by atoms with Crippen LogP contribution in [0.2, 0.25) is 0 Å². The lowest BCUT2D eigenvalue weighted by Crippen LogP contribution is -2.45. The Morgan fingerprint density at radius 2 is 2.00 bits per heavy atom. The van der Waals surface area contributed by atoms with Crippen molar-refractivity contribution < 1.29 is 4.79 Å². The van der Waals surface area contributed by atoms with Crippen LogP contribution in [-0.2, 0) is 4.79 Å². The van der Waals surface area contributed by atoms with Gasteiger partial charge in [-0.1, -0.05) is 26.2 Å². The first-order chi connectivity index (χ1) is 7.69. The smallest absolute Gasteiger partial charge is 0.228 e. The second-order valence-corrected chi connectivity index (χ2v) is 6.14. The first-order valence-electron chi connectivity index (χ1n) is 6.89. The number of unbranched alkanes of at least 4 members (excludes halogenated alkanes) is 2. The van der Waals surface area contributed by atoms with Crippen molar-refractivity contribution in [2.75, 3.05) is 0 Å². The van der Waals surface area contributed by atoms with Gasteiger partial charge in [0.25, 0.3) is 0 Å². The maximum Gasteiger partial charge on any atom is 0.228 e. The molecule has 2 bridgehead atoms. The predicted molar refractivity (Wildman–Crippen MR) is 67.5 cm³/mol. The first kappa shape index (κ1) is 12.4. The van der Waals surface area contributed by atoms with Gasteiger partial charge in [-0.2, -0.15) is 0 Å². The van der Waals surface area contributed by atoms with Crippen molar-refractivity contribution >= 4 is 16.8 Å². The van der Waals surface area contributed by atoms with Gasteiger partial charge in [0.15, 0.2) is 0 Å². The minimum Gasteiger partial charge on any atom is -0.281 e. The van der Waals surface area contributed by atoms with Gasteiger partial charge < -0.3 is 0 Å². The van der Waals surface area contributed by atoms with E-state index in [1.54, 1.807) is 0 Å². The summed E-state index contributed by atoms with van der Waals surface area (Å²) in [7, 11) is 0. The summed E-state index contributed by atoms with van der Waals surface area (Å²) in [6.07, 6.45) is 10.9. The third-order valence-corrected chi connectivity index (χ3v) is 5.32. The Labute approximate surface area is 104 Å². The molecule has 16 heavy (non-hydrogen) atoms. The molecule has 0 aromatic heterocycles. The van der Waals surface area contributed by atoms with Gasteiger partial charge in [-0.3, -0.25) is 4.79 Å². The highest BCUT2D eigenvalue weighted by Gasteiger charge is 2.51. The molecule has 92 valence electrons. The van der Waals surface area contributed by atoms with E-state index in [-0.39, 0.29) is 10.7 Å². The van der Waals surface area contributed by atoms with Crippen molar-refractivity contribution in [3.63, 3.8) is 0 Å². The average Bonchev–Trinajstić information content (AvgIpc) is 2.31. The summed E-state index contributed by atoms with van der Waals surface area (Å²) < 4.78 is 0. The summed E-state index contributed by atoms with van der Waals surface area (Å²) in [6, 6.07) is 0. The summed E-state index contributed by atoms with van der Waals surface area (Å²) in [5.41, 5.74) is -0.121. The van der Waals surface area contributed by atoms with Crippen LogP contribution in [0, 0.1) is 17.3 Å². The van der Waals surface area contributed by atoms with Crippen LogP contribution in [-0.4, -0.2) is 5.24 Å². The summed E-state index contributed by atoms with van der Waals surface area (Å²) >= 11 is 5.91. The Kier molecular flexibility index (Phi) is 3.94. The van der Waals surface area contributed by atoms with Gasteiger partial charge in [-0.25, -0.2) is 0 Å². The fourth-order valence-electron chi connectivity index (χ4n) is 3.86. The van der Waals surface area contributed by atoms with Crippen LogP contribution in [0.5, 0.6) is 0 Å². The maximum absolute atomic E-state index is 11.8. The number of rotatable bonds is 5. The van der Waals surface area contributed by atoms with E-state index in [1.165, 1.54) is 44.9 Å². The quantitative estimate of drug-likeness (QED) is 0.511. The lowest BCUT2D eigenvalue weighted by molar-refractivity contribution is -0.132. The molecule has 3 rings (SSSR count). The summed E-state index contributed by atoms with van der Waals surface area (Å²) in [4.78, 5) is 11.8. The van der Waals surface area contributed by atoms with Crippen LogP contribution in [0.1, 0.15) is 64.7 Å². The van der Waals surface area contributed by atoms with Gasteiger partial charge in [-0.15, -0.1) is 0 Å². The fraction of sp³-hybridized carbons (Fsp3) is 0.929. The minimum atomic E-state index is -0.121. The molecule has 3 fully saturated rings. The van der Waals surface area contributed by atoms with E-state index in [4.69, 9.17) is 11.6 Å². The van der Waals surface area contributed by atoms with Crippen molar-refractivity contribution in [3.05, 3.63) is 0 Å². The molecule has 3 aliphatic rings. The molecule has 0 saturated heterocycles. The fourth-order valence-corrected chi connectivity index (χ4v) is 4.20. The number of fused-ring (bicyclic) bond motifs is 3. The molecule has 0 aromatic carbocycles. The molecule has 0 heterocycles. The van der Waals surface area contributed by atoms with Crippen molar-refractivity contribution in [1.29, 1.82) is 0 Å². The monoisotopic (exact) mass is 242 g/mol. The van der Waals surface area contributed by atoms with E-state index >= 15 is 0 Å². The molecule has 0 aromatic rings. The molecule has 3 aliphatic carbocycles. The van der Waals surface area contributed by atoms with E-state index in [2.05, 4.69) is 6.92 Å². The molecule has 1 unspecified atom stereocenters. The number of halogens is 1. The molecule has 1 atom stereocenters. The van der Waals surface area contributed by atoms with Gasteiger partial charge in [0, 0.05) is 5.41 Å².